The Hall–Kier alpha value is -1.31. The van der Waals surface area contributed by atoms with Gasteiger partial charge in [-0.05, 0) is 17.5 Å². The summed E-state index contributed by atoms with van der Waals surface area (Å²) < 4.78 is 5.32. The van der Waals surface area contributed by atoms with Crippen molar-refractivity contribution in [2.24, 2.45) is 0 Å². The zero-order chi connectivity index (χ0) is 14.0. The number of hydrogen-bond donors (Lipinski definition) is 1. The number of allylic oxidation sites excluding steroid dienone is 2. The average molecular weight is 492 g/mol. The van der Waals surface area contributed by atoms with Crippen molar-refractivity contribution in [2.45, 2.75) is 13.8 Å². The van der Waals surface area contributed by atoms with E-state index in [0.29, 0.717) is 16.8 Å². The molecule has 0 aliphatic heterocycles. The number of fused-ring (bicyclic) bond motifs is 1. The first-order valence-electron chi connectivity index (χ1n) is 5.86. The molecule has 2 aromatic rings. The van der Waals surface area contributed by atoms with Crippen LogP contribution >= 0.6 is 0 Å². The molecule has 0 amide bonds. The second kappa shape index (κ2) is 6.92. The van der Waals surface area contributed by atoms with Crippen LogP contribution in [-0.4, -0.2) is 17.8 Å². The molecule has 4 nitrogen and oxygen atoms in total. The summed E-state index contributed by atoms with van der Waals surface area (Å²) >= 11 is 0. The first-order chi connectivity index (χ1) is 9.06. The molecule has 1 aromatic carbocycles. The van der Waals surface area contributed by atoms with Crippen LogP contribution < -0.4 is 10.3 Å². The Kier molecular flexibility index (Phi) is 5.79. The molecule has 0 atom stereocenters. The molecule has 5 heteroatoms. The minimum absolute atomic E-state index is 0. The van der Waals surface area contributed by atoms with Crippen molar-refractivity contribution < 1.29 is 35.9 Å². The van der Waals surface area contributed by atoms with Crippen LogP contribution in [0.2, 0.25) is 0 Å². The molecule has 20 heavy (non-hydrogen) atoms. The number of rotatable bonds is 3. The third kappa shape index (κ3) is 3.23. The fraction of sp³-hybridized carbons (Fsp3) is 0.200. The van der Waals surface area contributed by atoms with E-state index in [9.17, 15) is 10.2 Å². The minimum Gasteiger partial charge on any atom is -0.876 e. The maximum atomic E-state index is 11.3. The van der Waals surface area contributed by atoms with E-state index in [2.05, 4.69) is 11.1 Å². The number of hydrogen-bond acceptors (Lipinski definition) is 2. The van der Waals surface area contributed by atoms with E-state index in [0.717, 1.165) is 10.9 Å². The summed E-state index contributed by atoms with van der Waals surface area (Å²) in [4.78, 5) is 14.1. The van der Waals surface area contributed by atoms with Crippen molar-refractivity contribution in [1.29, 1.82) is 0 Å². The van der Waals surface area contributed by atoms with Crippen LogP contribution in [0.15, 0.2) is 29.1 Å². The van der Waals surface area contributed by atoms with Crippen LogP contribution in [0, 0.1) is 37.2 Å². The summed E-state index contributed by atoms with van der Waals surface area (Å²) in [5.41, 5.74) is 2.03. The molecule has 0 unspecified atom stereocenters. The number of pyridine rings is 1. The minimum atomic E-state index is -0.162. The molecule has 0 bridgehead atoms. The number of aromatic amines is 1. The maximum absolute atomic E-state index is 11.3. The number of nitrogens with one attached hydrogen (secondary N) is 1. The smallest absolute Gasteiger partial charge is 0.876 e. The molecule has 0 radical (unpaired) electrons. The molecular formula is C15H14N2O2U. The molecule has 0 fully saturated rings. The molecule has 100 valence electrons. The van der Waals surface area contributed by atoms with E-state index < -0.39 is 0 Å². The molecule has 0 aliphatic carbocycles. The van der Waals surface area contributed by atoms with Crippen molar-refractivity contribution in [1.82, 2.24) is 4.98 Å². The summed E-state index contributed by atoms with van der Waals surface area (Å²) in [5.74, 6) is 0.576. The van der Waals surface area contributed by atoms with Gasteiger partial charge in [0.25, 0.3) is 0 Å². The second-order valence-electron chi connectivity index (χ2n) is 4.17. The van der Waals surface area contributed by atoms with Crippen molar-refractivity contribution >= 4 is 22.2 Å². The number of methoxy groups -OCH3 is 1. The largest absolute Gasteiger partial charge is 2.00 e. The molecule has 1 N–H and O–H groups in total. The van der Waals surface area contributed by atoms with E-state index in [1.807, 2.05) is 6.07 Å². The van der Waals surface area contributed by atoms with Gasteiger partial charge in [0.05, 0.1) is 12.9 Å². The molecular weight excluding hydrogens is 478 g/mol. The van der Waals surface area contributed by atoms with E-state index in [1.54, 1.807) is 33.1 Å². The van der Waals surface area contributed by atoms with Gasteiger partial charge in [-0.25, -0.2) is 11.6 Å². The summed E-state index contributed by atoms with van der Waals surface area (Å²) in [6.07, 6.45) is 2.95. The fourth-order valence-corrected chi connectivity index (χ4v) is 2.06. The SMILES string of the molecule is C[C-]=C(C(C)=[N-])c1cc2ccc(=O)[nH]c2cc1OC.[U+2]. The third-order valence-corrected chi connectivity index (χ3v) is 2.92. The number of nitrogens with zero attached hydrogens (tertiary/aromatic N) is 1. The Balaban J connectivity index is 0.00000200. The summed E-state index contributed by atoms with van der Waals surface area (Å²) in [7, 11) is 1.55. The van der Waals surface area contributed by atoms with Crippen molar-refractivity contribution in [2.75, 3.05) is 7.11 Å². The molecule has 1 heterocycles. The van der Waals surface area contributed by atoms with Gasteiger partial charge in [0.15, 0.2) is 0 Å². The Morgan fingerprint density at radius 1 is 1.35 bits per heavy atom. The van der Waals surface area contributed by atoms with Gasteiger partial charge < -0.3 is 15.1 Å². The van der Waals surface area contributed by atoms with Crippen molar-refractivity contribution in [3.8, 4) is 5.75 Å². The van der Waals surface area contributed by atoms with Crippen LogP contribution in [0.3, 0.4) is 0 Å². The van der Waals surface area contributed by atoms with Gasteiger partial charge in [0, 0.05) is 11.6 Å². The summed E-state index contributed by atoms with van der Waals surface area (Å²) in [5, 5.41) is 10.6. The number of ether oxygens (including phenoxy) is 1. The Labute approximate surface area is 141 Å². The third-order valence-electron chi connectivity index (χ3n) is 2.92. The zero-order valence-corrected chi connectivity index (χ0v) is 15.7. The Bertz CT molecular complexity index is 732. The number of benzene rings is 1. The van der Waals surface area contributed by atoms with Gasteiger partial charge in [0.2, 0.25) is 5.56 Å². The van der Waals surface area contributed by atoms with Crippen LogP contribution in [0.1, 0.15) is 19.4 Å². The second-order valence-corrected chi connectivity index (χ2v) is 4.17. The van der Waals surface area contributed by atoms with E-state index in [4.69, 9.17) is 4.74 Å². The predicted octanol–water partition coefficient (Wildman–Crippen LogP) is 2.77. The topological polar surface area (TPSA) is 64.4 Å². The molecule has 0 saturated heterocycles. The molecule has 1 aromatic heterocycles. The molecule has 0 spiro atoms. The van der Waals surface area contributed by atoms with E-state index in [-0.39, 0.29) is 42.4 Å². The van der Waals surface area contributed by atoms with Gasteiger partial charge in [0.1, 0.15) is 0 Å². The maximum Gasteiger partial charge on any atom is 2.00 e. The summed E-state index contributed by atoms with van der Waals surface area (Å²) in [6.45, 7) is 3.33. The van der Waals surface area contributed by atoms with Gasteiger partial charge in [-0.1, -0.05) is 18.6 Å². The number of aromatic nitrogens is 1. The standard InChI is InChI=1S/C15H14N2O2.U/c1-4-11(9(2)16)12-7-10-5-6-15(18)17-13(10)8-14(12)19-3;/h5-8H,1-3H3,(H,17,18);/q-2;+2. The predicted molar refractivity (Wildman–Crippen MR) is 77.5 cm³/mol. The van der Waals surface area contributed by atoms with Crippen LogP contribution in [0.4, 0.5) is 0 Å². The van der Waals surface area contributed by atoms with Crippen LogP contribution in [0.5, 0.6) is 5.75 Å². The van der Waals surface area contributed by atoms with Gasteiger partial charge in [-0.3, -0.25) is 10.5 Å². The van der Waals surface area contributed by atoms with E-state index in [1.165, 1.54) is 6.07 Å². The Morgan fingerprint density at radius 2 is 2.05 bits per heavy atom. The average Bonchev–Trinajstić information content (AvgIpc) is 2.38. The molecule has 0 saturated carbocycles. The quantitative estimate of drug-likeness (QED) is 0.529. The van der Waals surface area contributed by atoms with E-state index >= 15 is 0 Å². The first kappa shape index (κ1) is 16.7. The van der Waals surface area contributed by atoms with Crippen LogP contribution in [0.25, 0.3) is 21.9 Å². The molecule has 0 aliphatic rings. The van der Waals surface area contributed by atoms with Crippen LogP contribution in [-0.2, 0) is 0 Å². The monoisotopic (exact) mass is 492 g/mol. The first-order valence-corrected chi connectivity index (χ1v) is 5.86. The normalized spacial score (nSPS) is 11.1. The fourth-order valence-electron chi connectivity index (χ4n) is 2.06. The van der Waals surface area contributed by atoms with Gasteiger partial charge in [-0.2, -0.15) is 0 Å². The van der Waals surface area contributed by atoms with Gasteiger partial charge in [-0.15, -0.1) is 6.92 Å². The van der Waals surface area contributed by atoms with Crippen molar-refractivity contribution in [3.05, 3.63) is 51.7 Å². The zero-order valence-electron chi connectivity index (χ0n) is 11.6. The Morgan fingerprint density at radius 3 is 2.60 bits per heavy atom. The number of H-pyrrole nitrogens is 1. The van der Waals surface area contributed by atoms with Gasteiger partial charge >= 0.3 is 31.1 Å². The summed E-state index contributed by atoms with van der Waals surface area (Å²) in [6, 6.07) is 6.80. The molecule has 2 rings (SSSR count). The van der Waals surface area contributed by atoms with Crippen molar-refractivity contribution in [3.63, 3.8) is 0 Å².